The van der Waals surface area contributed by atoms with Gasteiger partial charge in [-0.3, -0.25) is 9.59 Å². The molecule has 0 bridgehead atoms. The Balaban J connectivity index is 1.58. The Labute approximate surface area is 137 Å². The number of hydrogen-bond acceptors (Lipinski definition) is 3. The molecule has 1 aromatic carbocycles. The highest BCUT2D eigenvalue weighted by Crippen LogP contribution is 2.28. The molecule has 0 saturated heterocycles. The minimum Gasteiger partial charge on any atom is -0.349 e. The lowest BCUT2D eigenvalue weighted by Gasteiger charge is -2.22. The lowest BCUT2D eigenvalue weighted by molar-refractivity contribution is -0.121. The number of hydrogen-bond donors (Lipinski definition) is 3. The number of benzene rings is 1. The van der Waals surface area contributed by atoms with Crippen molar-refractivity contribution in [3.05, 3.63) is 29.8 Å². The number of nitrogens with one attached hydrogen (secondary N) is 2. The van der Waals surface area contributed by atoms with E-state index in [2.05, 4.69) is 10.6 Å². The highest BCUT2D eigenvalue weighted by Gasteiger charge is 2.36. The normalized spacial score (nSPS) is 20.4. The van der Waals surface area contributed by atoms with Crippen molar-refractivity contribution in [1.82, 2.24) is 5.32 Å². The maximum Gasteiger partial charge on any atom is 0.251 e. The molecule has 1 aromatic rings. The summed E-state index contributed by atoms with van der Waals surface area (Å²) < 4.78 is 0. The van der Waals surface area contributed by atoms with Crippen molar-refractivity contribution in [2.45, 2.75) is 62.9 Å². The first-order valence-electron chi connectivity index (χ1n) is 8.58. The van der Waals surface area contributed by atoms with Crippen molar-refractivity contribution in [3.8, 4) is 0 Å². The zero-order valence-electron chi connectivity index (χ0n) is 13.4. The second-order valence-electron chi connectivity index (χ2n) is 6.85. The molecule has 0 spiro atoms. The molecule has 0 aliphatic heterocycles. The van der Waals surface area contributed by atoms with Gasteiger partial charge in [0.05, 0.1) is 5.54 Å². The molecule has 5 nitrogen and oxygen atoms in total. The van der Waals surface area contributed by atoms with Gasteiger partial charge in [0.25, 0.3) is 5.91 Å². The highest BCUT2D eigenvalue weighted by atomic mass is 16.2. The van der Waals surface area contributed by atoms with Gasteiger partial charge < -0.3 is 16.4 Å². The molecule has 0 atom stereocenters. The van der Waals surface area contributed by atoms with Crippen LogP contribution in [0.25, 0.3) is 0 Å². The van der Waals surface area contributed by atoms with Crippen LogP contribution in [0.3, 0.4) is 0 Å². The maximum absolute atomic E-state index is 12.3. The van der Waals surface area contributed by atoms with Gasteiger partial charge in [-0.1, -0.05) is 25.7 Å². The predicted octanol–water partition coefficient (Wildman–Crippen LogP) is 2.57. The van der Waals surface area contributed by atoms with Crippen molar-refractivity contribution >= 4 is 17.5 Å². The number of amides is 2. The Hall–Kier alpha value is -1.88. The Morgan fingerprint density at radius 3 is 2.22 bits per heavy atom. The Morgan fingerprint density at radius 2 is 1.61 bits per heavy atom. The summed E-state index contributed by atoms with van der Waals surface area (Å²) in [7, 11) is 0. The third-order valence-electron chi connectivity index (χ3n) is 5.04. The summed E-state index contributed by atoms with van der Waals surface area (Å²) in [4.78, 5) is 24.4. The van der Waals surface area contributed by atoms with E-state index in [1.54, 1.807) is 24.3 Å². The fourth-order valence-electron chi connectivity index (χ4n) is 3.53. The van der Waals surface area contributed by atoms with Crippen LogP contribution in [0.4, 0.5) is 5.69 Å². The molecule has 2 amide bonds. The van der Waals surface area contributed by atoms with Gasteiger partial charge in [-0.25, -0.2) is 0 Å². The summed E-state index contributed by atoms with van der Waals surface area (Å²) in [5, 5.41) is 5.93. The lowest BCUT2D eigenvalue weighted by Crippen LogP contribution is -2.48. The molecule has 124 valence electrons. The van der Waals surface area contributed by atoms with Gasteiger partial charge in [-0.15, -0.1) is 0 Å². The number of rotatable bonds is 4. The van der Waals surface area contributed by atoms with Crippen LogP contribution in [0.15, 0.2) is 24.3 Å². The fraction of sp³-hybridized carbons (Fsp3) is 0.556. The summed E-state index contributed by atoms with van der Waals surface area (Å²) in [6.07, 6.45) is 8.00. The maximum atomic E-state index is 12.3. The second kappa shape index (κ2) is 6.71. The highest BCUT2D eigenvalue weighted by molar-refractivity contribution is 5.99. The van der Waals surface area contributed by atoms with E-state index in [1.165, 1.54) is 12.8 Å². The Bertz CT molecular complexity index is 570. The first-order valence-corrected chi connectivity index (χ1v) is 8.58. The van der Waals surface area contributed by atoms with Crippen LogP contribution in [0.2, 0.25) is 0 Å². The first-order chi connectivity index (χ1) is 11.1. The van der Waals surface area contributed by atoms with Gasteiger partial charge >= 0.3 is 0 Å². The average Bonchev–Trinajstić information content (AvgIpc) is 3.20. The molecule has 3 rings (SSSR count). The standard InChI is InChI=1S/C18H25N3O2/c19-18(11-3-4-12-18)17(23)21-15-9-7-13(8-10-15)16(22)20-14-5-1-2-6-14/h7-10,14H,1-6,11-12,19H2,(H,20,22)(H,21,23). The van der Waals surface area contributed by atoms with Gasteiger partial charge in [0.15, 0.2) is 0 Å². The summed E-state index contributed by atoms with van der Waals surface area (Å²) >= 11 is 0. The Kier molecular flexibility index (Phi) is 4.66. The molecule has 2 fully saturated rings. The molecule has 0 heterocycles. The molecule has 23 heavy (non-hydrogen) atoms. The van der Waals surface area contributed by atoms with Gasteiger partial charge in [0.1, 0.15) is 0 Å². The number of carbonyl (C=O) groups excluding carboxylic acids is 2. The number of anilines is 1. The molecule has 0 radical (unpaired) electrons. The van der Waals surface area contributed by atoms with Crippen LogP contribution in [0, 0.1) is 0 Å². The predicted molar refractivity (Wildman–Crippen MR) is 90.2 cm³/mol. The van der Waals surface area contributed by atoms with Crippen molar-refractivity contribution in [1.29, 1.82) is 0 Å². The van der Waals surface area contributed by atoms with Crippen molar-refractivity contribution in [3.63, 3.8) is 0 Å². The molecule has 0 unspecified atom stereocenters. The van der Waals surface area contributed by atoms with E-state index >= 15 is 0 Å². The van der Waals surface area contributed by atoms with E-state index in [-0.39, 0.29) is 11.8 Å². The monoisotopic (exact) mass is 315 g/mol. The minimum atomic E-state index is -0.738. The summed E-state index contributed by atoms with van der Waals surface area (Å²) in [6.45, 7) is 0. The van der Waals surface area contributed by atoms with Crippen molar-refractivity contribution < 1.29 is 9.59 Å². The molecule has 2 aliphatic carbocycles. The first kappa shape index (κ1) is 16.0. The molecule has 4 N–H and O–H groups in total. The van der Waals surface area contributed by atoms with Crippen LogP contribution < -0.4 is 16.4 Å². The topological polar surface area (TPSA) is 84.2 Å². The zero-order chi connectivity index (χ0) is 16.3. The summed E-state index contributed by atoms with van der Waals surface area (Å²) in [5.74, 6) is -0.168. The van der Waals surface area contributed by atoms with Crippen LogP contribution in [-0.4, -0.2) is 23.4 Å². The van der Waals surface area contributed by atoms with Crippen molar-refractivity contribution in [2.24, 2.45) is 5.73 Å². The van der Waals surface area contributed by atoms with E-state index in [0.717, 1.165) is 38.5 Å². The van der Waals surface area contributed by atoms with Crippen molar-refractivity contribution in [2.75, 3.05) is 5.32 Å². The fourth-order valence-corrected chi connectivity index (χ4v) is 3.53. The number of carbonyl (C=O) groups is 2. The van der Waals surface area contributed by atoms with Crippen LogP contribution in [-0.2, 0) is 4.79 Å². The molecular weight excluding hydrogens is 290 g/mol. The van der Waals surface area contributed by atoms with E-state index in [9.17, 15) is 9.59 Å². The summed E-state index contributed by atoms with van der Waals surface area (Å²) in [5.41, 5.74) is 6.71. The van der Waals surface area contributed by atoms with Gasteiger partial charge in [-0.05, 0) is 49.9 Å². The van der Waals surface area contributed by atoms with E-state index in [4.69, 9.17) is 5.73 Å². The van der Waals surface area contributed by atoms with Crippen LogP contribution in [0.5, 0.6) is 0 Å². The van der Waals surface area contributed by atoms with Gasteiger partial charge in [0, 0.05) is 17.3 Å². The number of nitrogens with two attached hydrogens (primary N) is 1. The summed E-state index contributed by atoms with van der Waals surface area (Å²) in [6, 6.07) is 7.33. The Morgan fingerprint density at radius 1 is 1.00 bits per heavy atom. The van der Waals surface area contributed by atoms with Crippen LogP contribution >= 0.6 is 0 Å². The lowest BCUT2D eigenvalue weighted by atomic mass is 9.98. The largest absolute Gasteiger partial charge is 0.349 e. The van der Waals surface area contributed by atoms with Crippen LogP contribution in [0.1, 0.15) is 61.7 Å². The molecule has 2 saturated carbocycles. The third kappa shape index (κ3) is 3.72. The van der Waals surface area contributed by atoms with E-state index < -0.39 is 5.54 Å². The van der Waals surface area contributed by atoms with Gasteiger partial charge in [-0.2, -0.15) is 0 Å². The molecule has 0 aromatic heterocycles. The quantitative estimate of drug-likeness (QED) is 0.798. The van der Waals surface area contributed by atoms with E-state index in [1.807, 2.05) is 0 Å². The second-order valence-corrected chi connectivity index (χ2v) is 6.85. The average molecular weight is 315 g/mol. The third-order valence-corrected chi connectivity index (χ3v) is 5.04. The molecule has 2 aliphatic rings. The van der Waals surface area contributed by atoms with E-state index in [0.29, 0.717) is 17.3 Å². The molecular formula is C18H25N3O2. The van der Waals surface area contributed by atoms with Gasteiger partial charge in [0.2, 0.25) is 5.91 Å². The SMILES string of the molecule is NC1(C(=O)Nc2ccc(C(=O)NC3CCCC3)cc2)CCCC1. The molecule has 5 heteroatoms. The zero-order valence-corrected chi connectivity index (χ0v) is 13.4. The minimum absolute atomic E-state index is 0.0409. The smallest absolute Gasteiger partial charge is 0.251 e.